The van der Waals surface area contributed by atoms with Crippen LogP contribution in [0.3, 0.4) is 0 Å². The Kier molecular flexibility index (Phi) is 7.79. The van der Waals surface area contributed by atoms with Gasteiger partial charge in [0.05, 0.1) is 33.2 Å². The number of ketones is 1. The molecule has 0 N–H and O–H groups in total. The lowest BCUT2D eigenvalue weighted by atomic mass is 9.90. The van der Waals surface area contributed by atoms with Crippen LogP contribution in [0.2, 0.25) is 5.02 Å². The molecule has 0 amide bonds. The minimum absolute atomic E-state index is 0.0335. The standard InChI is InChI=1S/C34H28ClF3N4O2S/c1-18-14-26-31(29(20-6-9-24(35)10-7-20)28(18)30(19(2)43)44-33(3,4)5)45-32(41-26)22-12-13-39-25(16-22)21-8-11-27-23(15-21)17-40-42(27)34(36,37)38/h6-17,30H,1-5H3/t30-/m1/s1. The molecule has 0 radical (unpaired) electrons. The molecule has 1 atom stereocenters. The van der Waals surface area contributed by atoms with Crippen molar-refractivity contribution in [3.63, 3.8) is 0 Å². The fraction of sp³-hybridized carbons (Fsp3) is 0.235. The van der Waals surface area contributed by atoms with E-state index in [0.717, 1.165) is 43.0 Å². The van der Waals surface area contributed by atoms with Crippen molar-refractivity contribution in [1.82, 2.24) is 19.7 Å². The highest BCUT2D eigenvalue weighted by Gasteiger charge is 2.33. The summed E-state index contributed by atoms with van der Waals surface area (Å²) in [5.74, 6) is -0.108. The van der Waals surface area contributed by atoms with Gasteiger partial charge in [0.1, 0.15) is 11.1 Å². The maximum atomic E-state index is 13.3. The number of hydrogen-bond donors (Lipinski definition) is 0. The number of rotatable bonds is 6. The number of Topliss-reactive ketones (excluding diaryl/α,β-unsaturated/α-hetero) is 1. The van der Waals surface area contributed by atoms with Crippen LogP contribution in [0.25, 0.3) is 54.1 Å². The smallest absolute Gasteiger partial charge is 0.360 e. The van der Waals surface area contributed by atoms with Crippen LogP contribution < -0.4 is 0 Å². The molecule has 6 nitrogen and oxygen atoms in total. The number of benzene rings is 3. The van der Waals surface area contributed by atoms with Crippen molar-refractivity contribution >= 4 is 49.8 Å². The van der Waals surface area contributed by atoms with E-state index in [-0.39, 0.29) is 16.0 Å². The molecular weight excluding hydrogens is 621 g/mol. The zero-order chi connectivity index (χ0) is 32.3. The number of fused-ring (bicyclic) bond motifs is 2. The van der Waals surface area contributed by atoms with Crippen LogP contribution in [0.1, 0.15) is 44.9 Å². The van der Waals surface area contributed by atoms with Gasteiger partial charge in [-0.1, -0.05) is 29.8 Å². The molecule has 3 aromatic heterocycles. The molecule has 0 saturated carbocycles. The summed E-state index contributed by atoms with van der Waals surface area (Å²) in [5.41, 5.74) is 5.57. The van der Waals surface area contributed by atoms with Gasteiger partial charge in [0.2, 0.25) is 0 Å². The lowest BCUT2D eigenvalue weighted by molar-refractivity contribution is -0.209. The Labute approximate surface area is 266 Å². The summed E-state index contributed by atoms with van der Waals surface area (Å²) in [6.07, 6.45) is -2.56. The highest BCUT2D eigenvalue weighted by Crippen LogP contribution is 2.45. The second-order valence-electron chi connectivity index (χ2n) is 11.8. The van der Waals surface area contributed by atoms with Crippen LogP contribution in [0.5, 0.6) is 0 Å². The van der Waals surface area contributed by atoms with Crippen LogP contribution in [-0.2, 0) is 15.8 Å². The van der Waals surface area contributed by atoms with Gasteiger partial charge in [0, 0.05) is 38.9 Å². The minimum atomic E-state index is -4.61. The Bertz CT molecular complexity index is 2080. The summed E-state index contributed by atoms with van der Waals surface area (Å²) in [5, 5.41) is 5.18. The van der Waals surface area contributed by atoms with E-state index < -0.39 is 18.0 Å². The molecule has 0 bridgehead atoms. The summed E-state index contributed by atoms with van der Waals surface area (Å²) in [6, 6.07) is 17.8. The molecule has 3 aromatic carbocycles. The summed E-state index contributed by atoms with van der Waals surface area (Å²) >= 11 is 7.72. The van der Waals surface area contributed by atoms with Crippen LogP contribution in [0.15, 0.2) is 73.1 Å². The third-order valence-electron chi connectivity index (χ3n) is 7.27. The first kappa shape index (κ1) is 30.9. The molecule has 0 unspecified atom stereocenters. The van der Waals surface area contributed by atoms with Crippen LogP contribution in [0.4, 0.5) is 13.2 Å². The minimum Gasteiger partial charge on any atom is -0.360 e. The largest absolute Gasteiger partial charge is 0.505 e. The third-order valence-corrected chi connectivity index (χ3v) is 8.66. The zero-order valence-corrected chi connectivity index (χ0v) is 26.6. The Morgan fingerprint density at radius 3 is 2.36 bits per heavy atom. The molecule has 0 aliphatic rings. The molecule has 11 heteroatoms. The van der Waals surface area contributed by atoms with Gasteiger partial charge < -0.3 is 4.74 Å². The fourth-order valence-corrected chi connectivity index (χ4v) is 6.64. The Morgan fingerprint density at radius 2 is 1.69 bits per heavy atom. The number of nitrogens with zero attached hydrogens (tertiary/aromatic N) is 4. The number of aromatic nitrogens is 4. The van der Waals surface area contributed by atoms with Gasteiger partial charge in [0.25, 0.3) is 0 Å². The molecule has 45 heavy (non-hydrogen) atoms. The second kappa shape index (κ2) is 11.3. The van der Waals surface area contributed by atoms with Crippen LogP contribution in [-0.4, -0.2) is 31.1 Å². The van der Waals surface area contributed by atoms with Gasteiger partial charge in [-0.2, -0.15) is 9.78 Å². The summed E-state index contributed by atoms with van der Waals surface area (Å²) in [7, 11) is 0. The van der Waals surface area contributed by atoms with E-state index in [1.165, 1.54) is 30.5 Å². The number of thiazole rings is 1. The van der Waals surface area contributed by atoms with Gasteiger partial charge in [-0.25, -0.2) is 4.98 Å². The topological polar surface area (TPSA) is 69.9 Å². The van der Waals surface area contributed by atoms with Crippen LogP contribution in [0, 0.1) is 6.92 Å². The first-order chi connectivity index (χ1) is 21.2. The van der Waals surface area contributed by atoms with Crippen molar-refractivity contribution in [3.05, 3.63) is 89.2 Å². The van der Waals surface area contributed by atoms with Gasteiger partial charge in [-0.05, 0) is 88.2 Å². The van der Waals surface area contributed by atoms with Crippen molar-refractivity contribution in [2.24, 2.45) is 0 Å². The molecule has 0 saturated heterocycles. The first-order valence-electron chi connectivity index (χ1n) is 14.1. The number of halogens is 4. The summed E-state index contributed by atoms with van der Waals surface area (Å²) in [6.45, 7) is 9.25. The van der Waals surface area contributed by atoms with Crippen molar-refractivity contribution < 1.29 is 22.7 Å². The average molecular weight is 649 g/mol. The molecule has 3 heterocycles. The molecule has 0 fully saturated rings. The zero-order valence-electron chi connectivity index (χ0n) is 25.0. The van der Waals surface area contributed by atoms with E-state index in [4.69, 9.17) is 21.3 Å². The molecule has 6 rings (SSSR count). The summed E-state index contributed by atoms with van der Waals surface area (Å²) < 4.78 is 47.2. The Hall–Kier alpha value is -4.12. The lowest BCUT2D eigenvalue weighted by Gasteiger charge is -2.29. The summed E-state index contributed by atoms with van der Waals surface area (Å²) in [4.78, 5) is 22.5. The molecule has 0 aliphatic carbocycles. The monoisotopic (exact) mass is 648 g/mol. The number of pyridine rings is 1. The molecule has 0 spiro atoms. The second-order valence-corrected chi connectivity index (χ2v) is 13.2. The number of carbonyl (C=O) groups is 1. The highest BCUT2D eigenvalue weighted by molar-refractivity contribution is 7.22. The number of carbonyl (C=O) groups excluding carboxylic acids is 1. The van der Waals surface area contributed by atoms with Gasteiger partial charge in [0.15, 0.2) is 5.78 Å². The highest BCUT2D eigenvalue weighted by atomic mass is 35.5. The van der Waals surface area contributed by atoms with Crippen molar-refractivity contribution in [3.8, 4) is 33.0 Å². The SMILES string of the molecule is CC(=O)[C@@H](OC(C)(C)C)c1c(C)cc2nc(-c3ccnc(-c4ccc5c(cnn5C(F)(F)F)c4)c3)sc2c1-c1ccc(Cl)cc1. The lowest BCUT2D eigenvalue weighted by Crippen LogP contribution is -2.27. The maximum Gasteiger partial charge on any atom is 0.505 e. The molecule has 6 aromatic rings. The quantitative estimate of drug-likeness (QED) is 0.180. The van der Waals surface area contributed by atoms with Crippen molar-refractivity contribution in [2.45, 2.75) is 52.6 Å². The van der Waals surface area contributed by atoms with Gasteiger partial charge >= 0.3 is 6.30 Å². The number of aryl methyl sites for hydroxylation is 1. The van der Waals surface area contributed by atoms with E-state index in [1.54, 1.807) is 18.3 Å². The predicted octanol–water partition coefficient (Wildman–Crippen LogP) is 9.93. The molecule has 0 aliphatic heterocycles. The normalized spacial score (nSPS) is 13.1. The number of hydrogen-bond acceptors (Lipinski definition) is 6. The predicted molar refractivity (Wildman–Crippen MR) is 172 cm³/mol. The molecule has 230 valence electrons. The van der Waals surface area contributed by atoms with Gasteiger partial charge in [-0.3, -0.25) is 9.78 Å². The molecular formula is C34H28ClF3N4O2S. The van der Waals surface area contributed by atoms with E-state index in [0.29, 0.717) is 21.7 Å². The van der Waals surface area contributed by atoms with Crippen LogP contribution >= 0.6 is 22.9 Å². The number of alkyl halides is 3. The first-order valence-corrected chi connectivity index (χ1v) is 15.3. The maximum absolute atomic E-state index is 13.3. The fourth-order valence-electron chi connectivity index (χ4n) is 5.39. The Morgan fingerprint density at radius 1 is 0.978 bits per heavy atom. The Balaban J connectivity index is 1.50. The van der Waals surface area contributed by atoms with E-state index in [2.05, 4.69) is 10.1 Å². The number of ether oxygens (including phenoxy) is 1. The average Bonchev–Trinajstić information content (AvgIpc) is 3.59. The van der Waals surface area contributed by atoms with Crippen molar-refractivity contribution in [2.75, 3.05) is 0 Å². The van der Waals surface area contributed by atoms with Gasteiger partial charge in [-0.15, -0.1) is 24.5 Å². The van der Waals surface area contributed by atoms with Crippen molar-refractivity contribution in [1.29, 1.82) is 0 Å². The van der Waals surface area contributed by atoms with E-state index in [9.17, 15) is 18.0 Å². The van der Waals surface area contributed by atoms with E-state index in [1.807, 2.05) is 70.2 Å². The van der Waals surface area contributed by atoms with E-state index >= 15 is 0 Å². The third kappa shape index (κ3) is 6.10.